The Hall–Kier alpha value is -1.28. The number of carbonyl (C=O) groups excluding carboxylic acids is 1. The first kappa shape index (κ1) is 18.1. The number of nitrogens with one attached hydrogen (secondary N) is 2. The van der Waals surface area contributed by atoms with Gasteiger partial charge in [0.1, 0.15) is 5.01 Å². The number of nitrogens with zero attached hydrogens (tertiary/aromatic N) is 1. The number of amides is 1. The van der Waals surface area contributed by atoms with E-state index in [2.05, 4.69) is 31.5 Å². The molecule has 1 unspecified atom stereocenters. The van der Waals surface area contributed by atoms with E-state index in [0.717, 1.165) is 20.7 Å². The number of carbonyl (C=O) groups is 1. The van der Waals surface area contributed by atoms with Crippen LogP contribution in [0.15, 0.2) is 34.1 Å². The molecule has 1 aromatic carbocycles. The zero-order valence-electron chi connectivity index (χ0n) is 13.1. The summed E-state index contributed by atoms with van der Waals surface area (Å²) in [6, 6.07) is 7.91. The SMILES string of the molecule is COCCNCC(=O)NC(C)c1nc(-c2ccc(Br)cc2)cs1. The Kier molecular flexibility index (Phi) is 7.16. The molecule has 23 heavy (non-hydrogen) atoms. The molecule has 1 amide bonds. The van der Waals surface area contributed by atoms with Crippen LogP contribution in [0.2, 0.25) is 0 Å². The van der Waals surface area contributed by atoms with Crippen molar-refractivity contribution >= 4 is 33.2 Å². The minimum absolute atomic E-state index is 0.0472. The molecule has 2 rings (SSSR count). The molecular weight excluding hydrogens is 378 g/mol. The van der Waals surface area contributed by atoms with E-state index in [9.17, 15) is 4.79 Å². The van der Waals surface area contributed by atoms with Gasteiger partial charge in [-0.05, 0) is 19.1 Å². The zero-order valence-corrected chi connectivity index (χ0v) is 15.5. The van der Waals surface area contributed by atoms with Crippen LogP contribution in [0.5, 0.6) is 0 Å². The maximum atomic E-state index is 11.9. The highest BCUT2D eigenvalue weighted by Gasteiger charge is 2.13. The predicted molar refractivity (Wildman–Crippen MR) is 96.6 cm³/mol. The van der Waals surface area contributed by atoms with E-state index in [1.165, 1.54) is 0 Å². The van der Waals surface area contributed by atoms with Gasteiger partial charge in [-0.2, -0.15) is 0 Å². The van der Waals surface area contributed by atoms with Crippen LogP contribution in [-0.4, -0.2) is 37.7 Å². The van der Waals surface area contributed by atoms with E-state index in [-0.39, 0.29) is 18.5 Å². The van der Waals surface area contributed by atoms with Gasteiger partial charge in [0, 0.05) is 29.1 Å². The molecule has 0 aliphatic carbocycles. The van der Waals surface area contributed by atoms with Gasteiger partial charge in [0.25, 0.3) is 0 Å². The second-order valence-corrected chi connectivity index (χ2v) is 6.84. The van der Waals surface area contributed by atoms with Crippen LogP contribution in [0.1, 0.15) is 18.0 Å². The molecule has 7 heteroatoms. The molecule has 0 spiro atoms. The molecule has 0 bridgehead atoms. The minimum atomic E-state index is -0.110. The van der Waals surface area contributed by atoms with Gasteiger partial charge in [0.2, 0.25) is 5.91 Å². The smallest absolute Gasteiger partial charge is 0.234 e. The van der Waals surface area contributed by atoms with Crippen molar-refractivity contribution in [2.24, 2.45) is 0 Å². The van der Waals surface area contributed by atoms with E-state index >= 15 is 0 Å². The fourth-order valence-electron chi connectivity index (χ4n) is 1.97. The predicted octanol–water partition coefficient (Wildman–Crippen LogP) is 2.99. The quantitative estimate of drug-likeness (QED) is 0.672. The number of aromatic nitrogens is 1. The van der Waals surface area contributed by atoms with Gasteiger partial charge in [0.15, 0.2) is 0 Å². The van der Waals surface area contributed by atoms with Crippen LogP contribution in [0.3, 0.4) is 0 Å². The van der Waals surface area contributed by atoms with Crippen molar-refractivity contribution in [2.45, 2.75) is 13.0 Å². The first-order valence-electron chi connectivity index (χ1n) is 7.30. The van der Waals surface area contributed by atoms with Gasteiger partial charge in [-0.25, -0.2) is 4.98 Å². The average molecular weight is 398 g/mol. The summed E-state index contributed by atoms with van der Waals surface area (Å²) < 4.78 is 5.96. The number of thiazole rings is 1. The first-order chi connectivity index (χ1) is 11.1. The normalized spacial score (nSPS) is 12.1. The Balaban J connectivity index is 1.89. The lowest BCUT2D eigenvalue weighted by molar-refractivity contribution is -0.120. The zero-order chi connectivity index (χ0) is 16.7. The summed E-state index contributed by atoms with van der Waals surface area (Å²) in [6.45, 7) is 3.46. The number of hydrogen-bond acceptors (Lipinski definition) is 5. The van der Waals surface area contributed by atoms with Gasteiger partial charge < -0.3 is 15.4 Å². The lowest BCUT2D eigenvalue weighted by Crippen LogP contribution is -2.36. The number of halogens is 1. The van der Waals surface area contributed by atoms with Crippen molar-refractivity contribution in [2.75, 3.05) is 26.8 Å². The molecule has 0 saturated carbocycles. The summed E-state index contributed by atoms with van der Waals surface area (Å²) in [5.74, 6) is -0.0472. The topological polar surface area (TPSA) is 63.2 Å². The third-order valence-electron chi connectivity index (χ3n) is 3.18. The average Bonchev–Trinajstić information content (AvgIpc) is 3.02. The highest BCUT2D eigenvalue weighted by molar-refractivity contribution is 9.10. The lowest BCUT2D eigenvalue weighted by atomic mass is 10.2. The number of ether oxygens (including phenoxy) is 1. The largest absolute Gasteiger partial charge is 0.383 e. The second kappa shape index (κ2) is 9.12. The molecule has 1 aromatic heterocycles. The van der Waals surface area contributed by atoms with Gasteiger partial charge in [-0.3, -0.25) is 4.79 Å². The van der Waals surface area contributed by atoms with Crippen molar-refractivity contribution in [3.63, 3.8) is 0 Å². The van der Waals surface area contributed by atoms with Crippen LogP contribution in [0, 0.1) is 0 Å². The third-order valence-corrected chi connectivity index (χ3v) is 4.73. The van der Waals surface area contributed by atoms with E-state index in [0.29, 0.717) is 13.2 Å². The van der Waals surface area contributed by atoms with E-state index < -0.39 is 0 Å². The Labute approximate surface area is 148 Å². The Morgan fingerprint density at radius 3 is 2.83 bits per heavy atom. The van der Waals surface area contributed by atoms with Crippen LogP contribution in [-0.2, 0) is 9.53 Å². The van der Waals surface area contributed by atoms with Crippen molar-refractivity contribution in [3.8, 4) is 11.3 Å². The maximum Gasteiger partial charge on any atom is 0.234 e. The van der Waals surface area contributed by atoms with Crippen molar-refractivity contribution in [1.29, 1.82) is 0 Å². The molecule has 124 valence electrons. The standard InChI is InChI=1S/C16H20BrN3O2S/c1-11(19-15(21)9-18-7-8-22-2)16-20-14(10-23-16)12-3-5-13(17)6-4-12/h3-6,10-11,18H,7-9H2,1-2H3,(H,19,21). The Morgan fingerprint density at radius 2 is 2.13 bits per heavy atom. The van der Waals surface area contributed by atoms with Crippen molar-refractivity contribution in [3.05, 3.63) is 39.1 Å². The summed E-state index contributed by atoms with van der Waals surface area (Å²) in [6.07, 6.45) is 0. The molecule has 2 aromatic rings. The van der Waals surface area contributed by atoms with Gasteiger partial charge in [-0.15, -0.1) is 11.3 Å². The van der Waals surface area contributed by atoms with Crippen LogP contribution >= 0.6 is 27.3 Å². The lowest BCUT2D eigenvalue weighted by Gasteiger charge is -2.11. The summed E-state index contributed by atoms with van der Waals surface area (Å²) in [7, 11) is 1.63. The molecule has 0 fully saturated rings. The Morgan fingerprint density at radius 1 is 1.39 bits per heavy atom. The Bertz CT molecular complexity index is 631. The van der Waals surface area contributed by atoms with Crippen LogP contribution in [0.25, 0.3) is 11.3 Å². The molecule has 1 atom stereocenters. The van der Waals surface area contributed by atoms with E-state index in [4.69, 9.17) is 4.74 Å². The minimum Gasteiger partial charge on any atom is -0.383 e. The maximum absolute atomic E-state index is 11.9. The molecule has 1 heterocycles. The summed E-state index contributed by atoms with van der Waals surface area (Å²) >= 11 is 4.98. The monoisotopic (exact) mass is 397 g/mol. The van der Waals surface area contributed by atoms with Crippen molar-refractivity contribution in [1.82, 2.24) is 15.6 Å². The van der Waals surface area contributed by atoms with E-state index in [1.54, 1.807) is 18.4 Å². The molecule has 0 aliphatic rings. The molecule has 2 N–H and O–H groups in total. The number of rotatable bonds is 8. The fourth-order valence-corrected chi connectivity index (χ4v) is 3.07. The summed E-state index contributed by atoms with van der Waals surface area (Å²) in [5.41, 5.74) is 1.99. The van der Waals surface area contributed by atoms with Gasteiger partial charge in [-0.1, -0.05) is 28.1 Å². The molecule has 0 aliphatic heterocycles. The number of benzene rings is 1. The molecular formula is C16H20BrN3O2S. The van der Waals surface area contributed by atoms with Gasteiger partial charge in [0.05, 0.1) is 24.9 Å². The highest BCUT2D eigenvalue weighted by Crippen LogP contribution is 2.26. The van der Waals surface area contributed by atoms with Crippen molar-refractivity contribution < 1.29 is 9.53 Å². The number of methoxy groups -OCH3 is 1. The molecule has 0 saturated heterocycles. The van der Waals surface area contributed by atoms with Gasteiger partial charge >= 0.3 is 0 Å². The van der Waals surface area contributed by atoms with Crippen LogP contribution in [0.4, 0.5) is 0 Å². The summed E-state index contributed by atoms with van der Waals surface area (Å²) in [5, 5.41) is 8.87. The van der Waals surface area contributed by atoms with Crippen LogP contribution < -0.4 is 10.6 Å². The summed E-state index contributed by atoms with van der Waals surface area (Å²) in [4.78, 5) is 16.5. The molecule has 5 nitrogen and oxygen atoms in total. The first-order valence-corrected chi connectivity index (χ1v) is 8.98. The second-order valence-electron chi connectivity index (χ2n) is 5.04. The number of hydrogen-bond donors (Lipinski definition) is 2. The van der Waals surface area contributed by atoms with E-state index in [1.807, 2.05) is 36.6 Å². The highest BCUT2D eigenvalue weighted by atomic mass is 79.9. The fraction of sp³-hybridized carbons (Fsp3) is 0.375. The third kappa shape index (κ3) is 5.69. The molecule has 0 radical (unpaired) electrons.